The van der Waals surface area contributed by atoms with Crippen LogP contribution in [0.4, 0.5) is 4.79 Å². The monoisotopic (exact) mass is 552 g/mol. The van der Waals surface area contributed by atoms with Crippen molar-refractivity contribution in [1.82, 2.24) is 9.80 Å². The van der Waals surface area contributed by atoms with Crippen molar-refractivity contribution in [3.63, 3.8) is 0 Å². The second-order valence-corrected chi connectivity index (χ2v) is 11.1. The van der Waals surface area contributed by atoms with Crippen LogP contribution in [0.2, 0.25) is 0 Å². The van der Waals surface area contributed by atoms with E-state index in [1.807, 2.05) is 78.9 Å². The average molecular weight is 553 g/mol. The van der Waals surface area contributed by atoms with Gasteiger partial charge in [-0.05, 0) is 65.6 Å². The number of aliphatic hydroxyl groups is 3. The summed E-state index contributed by atoms with van der Waals surface area (Å²) in [6.07, 6.45) is 0.723. The van der Waals surface area contributed by atoms with E-state index in [-0.39, 0.29) is 12.6 Å². The van der Waals surface area contributed by atoms with Gasteiger partial charge in [0.1, 0.15) is 12.2 Å². The van der Waals surface area contributed by atoms with Crippen LogP contribution in [0, 0.1) is 0 Å². The third-order valence-corrected chi connectivity index (χ3v) is 8.23. The molecule has 0 saturated carbocycles. The minimum atomic E-state index is -1.14. The molecule has 0 aromatic heterocycles. The fourth-order valence-electron chi connectivity index (χ4n) is 6.00. The minimum absolute atomic E-state index is 0.107. The Bertz CT molecular complexity index is 1400. The lowest BCUT2D eigenvalue weighted by atomic mass is 9.91. The van der Waals surface area contributed by atoms with Gasteiger partial charge in [0.15, 0.2) is 0 Å². The lowest BCUT2D eigenvalue weighted by Crippen LogP contribution is -2.51. The standard InChI is InChI=1S/C35H40N2O4/c38-21-11-3-10-20-36-31(23-26-12-4-1-5-13-26)33(39)34(40)32(24-27-14-6-2-7-15-27)37(35(36)41)25-28-18-19-29-16-8-9-17-30(29)22-28/h1-2,4-9,12-19,22,31-34,38-40H,3,10-11,20-21,23-25H2/t31-,32-,33+,34+/m1/s1. The normalized spacial score (nSPS) is 21.3. The smallest absolute Gasteiger partial charge is 0.321 e. The van der Waals surface area contributed by atoms with Gasteiger partial charge in [-0.1, -0.05) is 97.1 Å². The van der Waals surface area contributed by atoms with Gasteiger partial charge in [-0.15, -0.1) is 0 Å². The van der Waals surface area contributed by atoms with Gasteiger partial charge in [-0.2, -0.15) is 0 Å². The van der Waals surface area contributed by atoms with Crippen LogP contribution < -0.4 is 0 Å². The largest absolute Gasteiger partial charge is 0.396 e. The number of nitrogens with zero attached hydrogens (tertiary/aromatic N) is 2. The molecule has 0 bridgehead atoms. The Morgan fingerprint density at radius 2 is 1.15 bits per heavy atom. The van der Waals surface area contributed by atoms with Crippen molar-refractivity contribution in [2.24, 2.45) is 0 Å². The maximum absolute atomic E-state index is 14.5. The molecule has 4 aromatic rings. The number of unbranched alkanes of at least 4 members (excludes halogenated alkanes) is 2. The first kappa shape index (κ1) is 28.8. The molecule has 6 nitrogen and oxygen atoms in total. The number of hydrogen-bond acceptors (Lipinski definition) is 4. The van der Waals surface area contributed by atoms with E-state index in [4.69, 9.17) is 0 Å². The first-order chi connectivity index (χ1) is 20.0. The number of aliphatic hydroxyl groups excluding tert-OH is 3. The van der Waals surface area contributed by atoms with Gasteiger partial charge in [0, 0.05) is 19.7 Å². The Hall–Kier alpha value is -3.71. The van der Waals surface area contributed by atoms with E-state index in [2.05, 4.69) is 24.3 Å². The predicted molar refractivity (Wildman–Crippen MR) is 162 cm³/mol. The summed E-state index contributed by atoms with van der Waals surface area (Å²) in [6, 6.07) is 32.6. The molecule has 0 radical (unpaired) electrons. The first-order valence-electron chi connectivity index (χ1n) is 14.6. The van der Waals surface area contributed by atoms with Gasteiger partial charge in [0.05, 0.1) is 12.1 Å². The summed E-state index contributed by atoms with van der Waals surface area (Å²) >= 11 is 0. The average Bonchev–Trinajstić information content (AvgIpc) is 3.07. The first-order valence-corrected chi connectivity index (χ1v) is 14.6. The summed E-state index contributed by atoms with van der Waals surface area (Å²) in [5.41, 5.74) is 2.97. The van der Waals surface area contributed by atoms with E-state index in [9.17, 15) is 20.1 Å². The Balaban J connectivity index is 1.53. The molecule has 5 rings (SSSR count). The number of carbonyl (C=O) groups excluding carboxylic acids is 1. The number of rotatable bonds is 11. The van der Waals surface area contributed by atoms with Crippen LogP contribution in [0.3, 0.4) is 0 Å². The summed E-state index contributed by atoms with van der Waals surface area (Å²) in [5, 5.41) is 35.1. The quantitative estimate of drug-likeness (QED) is 0.224. The molecule has 41 heavy (non-hydrogen) atoms. The SMILES string of the molecule is O=C1N(CCCCCO)[C@H](Cc2ccccc2)[C@H](O)[C@@H](O)[C@@H](Cc2ccccc2)N1Cc1ccc2ccccc2c1. The van der Waals surface area contributed by atoms with Gasteiger partial charge in [-0.3, -0.25) is 0 Å². The molecule has 1 heterocycles. The Kier molecular flexibility index (Phi) is 9.67. The second-order valence-electron chi connectivity index (χ2n) is 11.1. The highest BCUT2D eigenvalue weighted by molar-refractivity contribution is 5.83. The van der Waals surface area contributed by atoms with Crippen molar-refractivity contribution < 1.29 is 20.1 Å². The Morgan fingerprint density at radius 3 is 1.76 bits per heavy atom. The molecular weight excluding hydrogens is 512 g/mol. The van der Waals surface area contributed by atoms with Gasteiger partial charge < -0.3 is 25.1 Å². The molecule has 3 N–H and O–H groups in total. The highest BCUT2D eigenvalue weighted by atomic mass is 16.3. The minimum Gasteiger partial charge on any atom is -0.396 e. The molecule has 0 aliphatic carbocycles. The van der Waals surface area contributed by atoms with Crippen molar-refractivity contribution in [3.05, 3.63) is 120 Å². The van der Waals surface area contributed by atoms with Gasteiger partial charge in [0.2, 0.25) is 0 Å². The summed E-state index contributed by atoms with van der Waals surface area (Å²) in [4.78, 5) is 18.1. The number of amides is 2. The lowest BCUT2D eigenvalue weighted by Gasteiger charge is -2.36. The van der Waals surface area contributed by atoms with E-state index in [1.54, 1.807) is 9.80 Å². The molecule has 0 unspecified atom stereocenters. The molecule has 6 heteroatoms. The zero-order chi connectivity index (χ0) is 28.6. The van der Waals surface area contributed by atoms with Crippen LogP contribution in [0.25, 0.3) is 10.8 Å². The van der Waals surface area contributed by atoms with Crippen LogP contribution >= 0.6 is 0 Å². The fourth-order valence-corrected chi connectivity index (χ4v) is 6.00. The number of hydrogen-bond donors (Lipinski definition) is 3. The molecule has 4 aromatic carbocycles. The number of benzene rings is 4. The summed E-state index contributed by atoms with van der Waals surface area (Å²) in [7, 11) is 0. The van der Waals surface area contributed by atoms with Gasteiger partial charge in [-0.25, -0.2) is 4.79 Å². The molecule has 1 fully saturated rings. The Morgan fingerprint density at radius 1 is 0.585 bits per heavy atom. The number of carbonyl (C=O) groups is 1. The van der Waals surface area contributed by atoms with Crippen molar-refractivity contribution in [3.8, 4) is 0 Å². The van der Waals surface area contributed by atoms with Crippen LogP contribution in [-0.2, 0) is 19.4 Å². The Labute approximate surface area is 242 Å². The maximum Gasteiger partial charge on any atom is 0.321 e. The molecule has 1 aliphatic heterocycles. The van der Waals surface area contributed by atoms with Crippen molar-refractivity contribution in [1.29, 1.82) is 0 Å². The third kappa shape index (κ3) is 6.96. The zero-order valence-electron chi connectivity index (χ0n) is 23.4. The highest BCUT2D eigenvalue weighted by Gasteiger charge is 2.46. The number of fused-ring (bicyclic) bond motifs is 1. The van der Waals surface area contributed by atoms with E-state index >= 15 is 0 Å². The second kappa shape index (κ2) is 13.8. The van der Waals surface area contributed by atoms with Crippen LogP contribution in [0.1, 0.15) is 36.0 Å². The van der Waals surface area contributed by atoms with Crippen LogP contribution in [0.15, 0.2) is 103 Å². The zero-order valence-corrected chi connectivity index (χ0v) is 23.4. The van der Waals surface area contributed by atoms with Crippen LogP contribution in [-0.4, -0.2) is 68.6 Å². The molecule has 214 valence electrons. The highest BCUT2D eigenvalue weighted by Crippen LogP contribution is 2.29. The van der Waals surface area contributed by atoms with Crippen LogP contribution in [0.5, 0.6) is 0 Å². The lowest BCUT2D eigenvalue weighted by molar-refractivity contribution is -0.0402. The van der Waals surface area contributed by atoms with Crippen molar-refractivity contribution in [2.75, 3.05) is 13.2 Å². The molecule has 2 amide bonds. The topological polar surface area (TPSA) is 84.2 Å². The van der Waals surface area contributed by atoms with E-state index in [1.165, 1.54) is 0 Å². The molecule has 0 spiro atoms. The van der Waals surface area contributed by atoms with E-state index in [0.29, 0.717) is 38.8 Å². The van der Waals surface area contributed by atoms with Crippen molar-refractivity contribution >= 4 is 16.8 Å². The molecule has 1 aliphatic rings. The molecule has 1 saturated heterocycles. The predicted octanol–water partition coefficient (Wildman–Crippen LogP) is 5.18. The fraction of sp³-hybridized carbons (Fsp3) is 0.343. The number of urea groups is 1. The molecular formula is C35H40N2O4. The summed E-state index contributed by atoms with van der Waals surface area (Å²) < 4.78 is 0. The maximum atomic E-state index is 14.5. The van der Waals surface area contributed by atoms with E-state index < -0.39 is 24.3 Å². The molecule has 4 atom stereocenters. The summed E-state index contributed by atoms with van der Waals surface area (Å²) in [5.74, 6) is 0. The van der Waals surface area contributed by atoms with E-state index in [0.717, 1.165) is 33.9 Å². The van der Waals surface area contributed by atoms with Gasteiger partial charge in [0.25, 0.3) is 0 Å². The van der Waals surface area contributed by atoms with Gasteiger partial charge >= 0.3 is 6.03 Å². The summed E-state index contributed by atoms with van der Waals surface area (Å²) in [6.45, 7) is 0.860. The van der Waals surface area contributed by atoms with Crippen molar-refractivity contribution in [2.45, 2.75) is 62.9 Å². The third-order valence-electron chi connectivity index (χ3n) is 8.23.